The van der Waals surface area contributed by atoms with Crippen LogP contribution in [0.1, 0.15) is 43.5 Å². The number of carboxylic acids is 1. The molecule has 0 fully saturated rings. The van der Waals surface area contributed by atoms with Crippen molar-refractivity contribution in [3.05, 3.63) is 34.9 Å². The van der Waals surface area contributed by atoms with Crippen LogP contribution < -0.4 is 10.6 Å². The molecule has 23 heavy (non-hydrogen) atoms. The van der Waals surface area contributed by atoms with Crippen LogP contribution in [0.5, 0.6) is 0 Å². The highest BCUT2D eigenvalue weighted by Gasteiger charge is 2.24. The number of rotatable bonds is 5. The van der Waals surface area contributed by atoms with Crippen LogP contribution >= 0.6 is 0 Å². The Morgan fingerprint density at radius 2 is 1.74 bits per heavy atom. The monoisotopic (exact) mass is 320 g/mol. The second kappa shape index (κ2) is 7.26. The third-order valence-corrected chi connectivity index (χ3v) is 3.51. The lowest BCUT2D eigenvalue weighted by Crippen LogP contribution is -2.43. The van der Waals surface area contributed by atoms with Gasteiger partial charge in [0.2, 0.25) is 11.8 Å². The predicted octanol–water partition coefficient (Wildman–Crippen LogP) is 1.71. The van der Waals surface area contributed by atoms with Gasteiger partial charge in [0.1, 0.15) is 0 Å². The Kier molecular flexibility index (Phi) is 5.90. The minimum atomic E-state index is -1.15. The highest BCUT2D eigenvalue weighted by atomic mass is 16.4. The van der Waals surface area contributed by atoms with Crippen molar-refractivity contribution in [1.29, 1.82) is 0 Å². The first-order valence-corrected chi connectivity index (χ1v) is 7.40. The molecule has 1 unspecified atom stereocenters. The minimum absolute atomic E-state index is 0.259. The number of hydrogen-bond acceptors (Lipinski definition) is 3. The van der Waals surface area contributed by atoms with Gasteiger partial charge < -0.3 is 15.7 Å². The van der Waals surface area contributed by atoms with E-state index in [2.05, 4.69) is 10.6 Å². The number of carbonyl (C=O) groups is 3. The topological polar surface area (TPSA) is 95.5 Å². The molecule has 0 bridgehead atoms. The molecule has 0 aliphatic carbocycles. The van der Waals surface area contributed by atoms with Crippen LogP contribution in [0.25, 0.3) is 0 Å². The Morgan fingerprint density at radius 1 is 1.13 bits per heavy atom. The third kappa shape index (κ3) is 5.39. The smallest absolute Gasteiger partial charge is 0.330 e. The quantitative estimate of drug-likeness (QED) is 0.769. The molecule has 0 saturated heterocycles. The molecule has 0 spiro atoms. The van der Waals surface area contributed by atoms with Gasteiger partial charge in [0.05, 0.1) is 6.54 Å². The van der Waals surface area contributed by atoms with E-state index in [1.165, 1.54) is 0 Å². The van der Waals surface area contributed by atoms with E-state index in [-0.39, 0.29) is 12.5 Å². The number of carbonyl (C=O) groups excluding carboxylic acids is 2. The standard InChI is InChI=1S/C17H24N2O4/c1-10-6-7-12(8-11(10)2)14(15(21)22)19-13(20)9-18-16(23)17(3,4)5/h6-8,14H,9H2,1-5H3,(H,18,23)(H,19,20)(H,21,22). The van der Waals surface area contributed by atoms with E-state index in [1.54, 1.807) is 32.9 Å². The van der Waals surface area contributed by atoms with Gasteiger partial charge in [0.25, 0.3) is 0 Å². The molecule has 0 aliphatic heterocycles. The summed E-state index contributed by atoms with van der Waals surface area (Å²) in [5.74, 6) is -1.97. The number of hydrogen-bond donors (Lipinski definition) is 3. The van der Waals surface area contributed by atoms with Gasteiger partial charge in [-0.05, 0) is 30.5 Å². The SMILES string of the molecule is Cc1ccc(C(NC(=O)CNC(=O)C(C)(C)C)C(=O)O)cc1C. The first-order chi connectivity index (χ1) is 10.5. The van der Waals surface area contributed by atoms with Crippen molar-refractivity contribution in [2.24, 2.45) is 5.41 Å². The van der Waals surface area contributed by atoms with Crippen molar-refractivity contribution in [2.75, 3.05) is 6.54 Å². The molecule has 3 N–H and O–H groups in total. The Bertz CT molecular complexity index is 618. The van der Waals surface area contributed by atoms with Crippen molar-refractivity contribution in [1.82, 2.24) is 10.6 Å². The van der Waals surface area contributed by atoms with Crippen LogP contribution in [0.3, 0.4) is 0 Å². The summed E-state index contributed by atoms with van der Waals surface area (Å²) in [6.45, 7) is 8.74. The van der Waals surface area contributed by atoms with Crippen LogP contribution in [-0.4, -0.2) is 29.4 Å². The normalized spacial score (nSPS) is 12.4. The first-order valence-electron chi connectivity index (χ1n) is 7.40. The predicted molar refractivity (Wildman–Crippen MR) is 86.9 cm³/mol. The van der Waals surface area contributed by atoms with E-state index in [0.29, 0.717) is 5.56 Å². The third-order valence-electron chi connectivity index (χ3n) is 3.51. The molecule has 2 amide bonds. The molecule has 1 atom stereocenters. The summed E-state index contributed by atoms with van der Waals surface area (Å²) in [5, 5.41) is 14.3. The summed E-state index contributed by atoms with van der Waals surface area (Å²) in [4.78, 5) is 35.1. The minimum Gasteiger partial charge on any atom is -0.479 e. The zero-order chi connectivity index (χ0) is 17.8. The van der Waals surface area contributed by atoms with Crippen molar-refractivity contribution in [3.63, 3.8) is 0 Å². The maximum absolute atomic E-state index is 11.9. The molecule has 6 heteroatoms. The number of amides is 2. The molecule has 0 heterocycles. The summed E-state index contributed by atoms with van der Waals surface area (Å²) in [6, 6.07) is 4.08. The van der Waals surface area contributed by atoms with Gasteiger partial charge in [0.15, 0.2) is 6.04 Å². The van der Waals surface area contributed by atoms with Crippen molar-refractivity contribution in [3.8, 4) is 0 Å². The van der Waals surface area contributed by atoms with Crippen LogP contribution in [0.15, 0.2) is 18.2 Å². The molecule has 6 nitrogen and oxygen atoms in total. The van der Waals surface area contributed by atoms with Gasteiger partial charge in [-0.2, -0.15) is 0 Å². The second-order valence-electron chi connectivity index (χ2n) is 6.62. The Morgan fingerprint density at radius 3 is 2.22 bits per heavy atom. The molecule has 126 valence electrons. The lowest BCUT2D eigenvalue weighted by Gasteiger charge is -2.19. The fraction of sp³-hybridized carbons (Fsp3) is 0.471. The first kappa shape index (κ1) is 18.7. The van der Waals surface area contributed by atoms with Crippen molar-refractivity contribution in [2.45, 2.75) is 40.7 Å². The average molecular weight is 320 g/mol. The summed E-state index contributed by atoms with van der Waals surface area (Å²) < 4.78 is 0. The van der Waals surface area contributed by atoms with Gasteiger partial charge >= 0.3 is 5.97 Å². The van der Waals surface area contributed by atoms with Gasteiger partial charge in [0, 0.05) is 5.41 Å². The Hall–Kier alpha value is -2.37. The number of aliphatic carboxylic acids is 1. The van der Waals surface area contributed by atoms with Crippen molar-refractivity contribution >= 4 is 17.8 Å². The van der Waals surface area contributed by atoms with E-state index in [9.17, 15) is 19.5 Å². The molecule has 0 aromatic heterocycles. The molecule has 1 rings (SSSR count). The fourth-order valence-corrected chi connectivity index (χ4v) is 1.87. The molecular weight excluding hydrogens is 296 g/mol. The highest BCUT2D eigenvalue weighted by Crippen LogP contribution is 2.17. The molecule has 1 aromatic carbocycles. The van der Waals surface area contributed by atoms with E-state index in [1.807, 2.05) is 19.9 Å². The summed E-state index contributed by atoms with van der Waals surface area (Å²) in [5.41, 5.74) is 1.88. The van der Waals surface area contributed by atoms with Gasteiger partial charge in [-0.3, -0.25) is 9.59 Å². The summed E-state index contributed by atoms with van der Waals surface area (Å²) in [7, 11) is 0. The maximum Gasteiger partial charge on any atom is 0.330 e. The number of aryl methyl sites for hydroxylation is 2. The second-order valence-corrected chi connectivity index (χ2v) is 6.62. The van der Waals surface area contributed by atoms with Crippen LogP contribution in [0.4, 0.5) is 0 Å². The maximum atomic E-state index is 11.9. The lowest BCUT2D eigenvalue weighted by atomic mass is 9.96. The summed E-state index contributed by atoms with van der Waals surface area (Å²) in [6.07, 6.45) is 0. The van der Waals surface area contributed by atoms with Crippen LogP contribution in [0, 0.1) is 19.3 Å². The average Bonchev–Trinajstić information content (AvgIpc) is 2.43. The lowest BCUT2D eigenvalue weighted by molar-refractivity contribution is -0.142. The number of benzene rings is 1. The largest absolute Gasteiger partial charge is 0.479 e. The van der Waals surface area contributed by atoms with E-state index in [0.717, 1.165) is 11.1 Å². The molecule has 0 aliphatic rings. The van der Waals surface area contributed by atoms with E-state index in [4.69, 9.17) is 0 Å². The molecule has 1 aromatic rings. The molecular formula is C17H24N2O4. The molecule has 0 radical (unpaired) electrons. The highest BCUT2D eigenvalue weighted by molar-refractivity contribution is 5.89. The van der Waals surface area contributed by atoms with Gasteiger partial charge in [-0.15, -0.1) is 0 Å². The van der Waals surface area contributed by atoms with Crippen LogP contribution in [0.2, 0.25) is 0 Å². The van der Waals surface area contributed by atoms with Crippen molar-refractivity contribution < 1.29 is 19.5 Å². The zero-order valence-electron chi connectivity index (χ0n) is 14.2. The Balaban J connectivity index is 2.77. The zero-order valence-corrected chi connectivity index (χ0v) is 14.2. The van der Waals surface area contributed by atoms with Gasteiger partial charge in [-0.25, -0.2) is 4.79 Å². The fourth-order valence-electron chi connectivity index (χ4n) is 1.87. The summed E-state index contributed by atoms with van der Waals surface area (Å²) >= 11 is 0. The number of nitrogens with one attached hydrogen (secondary N) is 2. The molecule has 0 saturated carbocycles. The van der Waals surface area contributed by atoms with Gasteiger partial charge in [-0.1, -0.05) is 39.0 Å². The van der Waals surface area contributed by atoms with Crippen LogP contribution in [-0.2, 0) is 14.4 Å². The van der Waals surface area contributed by atoms with E-state index < -0.39 is 23.3 Å². The Labute approximate surface area is 136 Å². The number of carboxylic acid groups (broad SMARTS) is 1. The van der Waals surface area contributed by atoms with E-state index >= 15 is 0 Å².